The van der Waals surface area contributed by atoms with Gasteiger partial charge in [-0.1, -0.05) is 29.8 Å². The van der Waals surface area contributed by atoms with Crippen LogP contribution in [0.25, 0.3) is 0 Å². The van der Waals surface area contributed by atoms with Crippen LogP contribution in [0.3, 0.4) is 0 Å². The second kappa shape index (κ2) is 8.91. The molecular formula is C23H28N2O3. The molecule has 0 aliphatic carbocycles. The lowest BCUT2D eigenvalue weighted by atomic mass is 10.1. The Bertz CT molecular complexity index is 857. The van der Waals surface area contributed by atoms with Gasteiger partial charge in [-0.05, 0) is 63.8 Å². The summed E-state index contributed by atoms with van der Waals surface area (Å²) in [6.45, 7) is 7.23. The molecule has 1 atom stereocenters. The fourth-order valence-corrected chi connectivity index (χ4v) is 3.46. The van der Waals surface area contributed by atoms with E-state index >= 15 is 0 Å². The topological polar surface area (TPSA) is 58.6 Å². The Labute approximate surface area is 166 Å². The number of hydrogen-bond acceptors (Lipinski definition) is 3. The number of nitrogens with zero attached hydrogens (tertiary/aromatic N) is 1. The van der Waals surface area contributed by atoms with E-state index in [2.05, 4.69) is 5.32 Å². The molecule has 2 aromatic carbocycles. The van der Waals surface area contributed by atoms with Crippen molar-refractivity contribution in [1.82, 2.24) is 4.90 Å². The van der Waals surface area contributed by atoms with Gasteiger partial charge in [-0.15, -0.1) is 0 Å². The molecule has 0 saturated carbocycles. The third-order valence-electron chi connectivity index (χ3n) is 5.06. The zero-order valence-corrected chi connectivity index (χ0v) is 16.8. The van der Waals surface area contributed by atoms with Crippen molar-refractivity contribution in [2.75, 3.05) is 18.4 Å². The van der Waals surface area contributed by atoms with Crippen molar-refractivity contribution in [3.05, 3.63) is 59.2 Å². The summed E-state index contributed by atoms with van der Waals surface area (Å²) in [5, 5.41) is 2.87. The number of aryl methyl sites for hydroxylation is 2. The molecule has 1 aliphatic rings. The molecular weight excluding hydrogens is 352 g/mol. The predicted molar refractivity (Wildman–Crippen MR) is 111 cm³/mol. The fourth-order valence-electron chi connectivity index (χ4n) is 3.46. The standard InChI is InChI=1S/C23H28N2O3/c1-16-11-12-21(17(2)15-16)28-18(3)22(26)24-20-10-6-5-9-19(20)23(27)25-13-7-4-8-14-25/h5-6,9-12,15,18H,4,7-8,13-14H2,1-3H3,(H,24,26)/t18-/m1/s1. The number of ether oxygens (including phenoxy) is 1. The summed E-state index contributed by atoms with van der Waals surface area (Å²) in [7, 11) is 0. The van der Waals surface area contributed by atoms with Crippen molar-refractivity contribution >= 4 is 17.5 Å². The molecule has 0 unspecified atom stereocenters. The predicted octanol–water partition coefficient (Wildman–Crippen LogP) is 4.34. The average Bonchev–Trinajstić information content (AvgIpc) is 2.70. The van der Waals surface area contributed by atoms with Crippen molar-refractivity contribution in [3.8, 4) is 5.75 Å². The largest absolute Gasteiger partial charge is 0.481 e. The normalized spacial score (nSPS) is 15.0. The van der Waals surface area contributed by atoms with Crippen molar-refractivity contribution in [3.63, 3.8) is 0 Å². The maximum atomic E-state index is 12.9. The summed E-state index contributed by atoms with van der Waals surface area (Å²) < 4.78 is 5.84. The summed E-state index contributed by atoms with van der Waals surface area (Å²) in [6, 6.07) is 13.0. The number of para-hydroxylation sites is 1. The Morgan fingerprint density at radius 3 is 2.46 bits per heavy atom. The number of piperidine rings is 1. The summed E-state index contributed by atoms with van der Waals surface area (Å²) in [6.07, 6.45) is 2.54. The molecule has 0 radical (unpaired) electrons. The molecule has 1 aliphatic heterocycles. The molecule has 5 heteroatoms. The second-order valence-electron chi connectivity index (χ2n) is 7.42. The highest BCUT2D eigenvalue weighted by atomic mass is 16.5. The van der Waals surface area contributed by atoms with Gasteiger partial charge in [0.15, 0.2) is 6.10 Å². The van der Waals surface area contributed by atoms with Gasteiger partial charge >= 0.3 is 0 Å². The number of nitrogens with one attached hydrogen (secondary N) is 1. The van der Waals surface area contributed by atoms with E-state index in [1.54, 1.807) is 19.1 Å². The van der Waals surface area contributed by atoms with Gasteiger partial charge in [0, 0.05) is 13.1 Å². The highest BCUT2D eigenvalue weighted by molar-refractivity contribution is 6.04. The van der Waals surface area contributed by atoms with Crippen LogP contribution in [0.15, 0.2) is 42.5 Å². The summed E-state index contributed by atoms with van der Waals surface area (Å²) >= 11 is 0. The fraction of sp³-hybridized carbons (Fsp3) is 0.391. The Balaban J connectivity index is 1.70. The van der Waals surface area contributed by atoms with Crippen molar-refractivity contribution in [2.45, 2.75) is 46.1 Å². The van der Waals surface area contributed by atoms with Crippen LogP contribution in [0.4, 0.5) is 5.69 Å². The molecule has 2 amide bonds. The molecule has 28 heavy (non-hydrogen) atoms. The van der Waals surface area contributed by atoms with E-state index < -0.39 is 6.10 Å². The molecule has 2 aromatic rings. The van der Waals surface area contributed by atoms with E-state index in [4.69, 9.17) is 4.74 Å². The van der Waals surface area contributed by atoms with Gasteiger partial charge in [0.05, 0.1) is 11.3 Å². The molecule has 0 aromatic heterocycles. The monoisotopic (exact) mass is 380 g/mol. The highest BCUT2D eigenvalue weighted by Gasteiger charge is 2.23. The van der Waals surface area contributed by atoms with Crippen molar-refractivity contribution < 1.29 is 14.3 Å². The minimum atomic E-state index is -0.681. The van der Waals surface area contributed by atoms with Gasteiger partial charge in [-0.2, -0.15) is 0 Å². The van der Waals surface area contributed by atoms with E-state index in [1.807, 2.05) is 49.1 Å². The lowest BCUT2D eigenvalue weighted by Crippen LogP contribution is -2.36. The highest BCUT2D eigenvalue weighted by Crippen LogP contribution is 2.22. The van der Waals surface area contributed by atoms with E-state index in [-0.39, 0.29) is 11.8 Å². The SMILES string of the molecule is Cc1ccc(O[C@H](C)C(=O)Nc2ccccc2C(=O)N2CCCCC2)c(C)c1. The van der Waals surface area contributed by atoms with Crippen LogP contribution in [0.1, 0.15) is 47.7 Å². The zero-order valence-electron chi connectivity index (χ0n) is 16.8. The van der Waals surface area contributed by atoms with Crippen LogP contribution >= 0.6 is 0 Å². The van der Waals surface area contributed by atoms with Crippen LogP contribution in [0, 0.1) is 13.8 Å². The van der Waals surface area contributed by atoms with Crippen LogP contribution in [-0.4, -0.2) is 35.9 Å². The number of anilines is 1. The second-order valence-corrected chi connectivity index (χ2v) is 7.42. The molecule has 3 rings (SSSR count). The Kier molecular flexibility index (Phi) is 6.34. The number of rotatable bonds is 5. The van der Waals surface area contributed by atoms with E-state index in [9.17, 15) is 9.59 Å². The van der Waals surface area contributed by atoms with Crippen LogP contribution in [-0.2, 0) is 4.79 Å². The van der Waals surface area contributed by atoms with Crippen LogP contribution < -0.4 is 10.1 Å². The van der Waals surface area contributed by atoms with Gasteiger partial charge < -0.3 is 15.0 Å². The van der Waals surface area contributed by atoms with E-state index in [1.165, 1.54) is 0 Å². The van der Waals surface area contributed by atoms with Gasteiger partial charge in [-0.25, -0.2) is 0 Å². The maximum absolute atomic E-state index is 12.9. The first kappa shape index (κ1) is 19.9. The van der Waals surface area contributed by atoms with Gasteiger partial charge in [-0.3, -0.25) is 9.59 Å². The smallest absolute Gasteiger partial charge is 0.265 e. The molecule has 1 fully saturated rings. The van der Waals surface area contributed by atoms with Crippen LogP contribution in [0.5, 0.6) is 5.75 Å². The number of hydrogen-bond donors (Lipinski definition) is 1. The number of carbonyl (C=O) groups excluding carboxylic acids is 2. The first-order valence-corrected chi connectivity index (χ1v) is 9.89. The molecule has 1 heterocycles. The minimum Gasteiger partial charge on any atom is -0.481 e. The van der Waals surface area contributed by atoms with Gasteiger partial charge in [0.25, 0.3) is 11.8 Å². The molecule has 5 nitrogen and oxygen atoms in total. The summed E-state index contributed by atoms with van der Waals surface area (Å²) in [5.74, 6) is 0.378. The Morgan fingerprint density at radius 2 is 1.75 bits per heavy atom. The Morgan fingerprint density at radius 1 is 1.04 bits per heavy atom. The molecule has 0 bridgehead atoms. The quantitative estimate of drug-likeness (QED) is 0.840. The third kappa shape index (κ3) is 4.71. The molecule has 0 spiro atoms. The molecule has 1 saturated heterocycles. The number of carbonyl (C=O) groups is 2. The lowest BCUT2D eigenvalue weighted by molar-refractivity contribution is -0.122. The first-order valence-electron chi connectivity index (χ1n) is 9.89. The first-order chi connectivity index (χ1) is 13.5. The number of benzene rings is 2. The van der Waals surface area contributed by atoms with Crippen molar-refractivity contribution in [2.24, 2.45) is 0 Å². The summed E-state index contributed by atoms with van der Waals surface area (Å²) in [4.78, 5) is 27.4. The van der Waals surface area contributed by atoms with E-state index in [0.717, 1.165) is 43.5 Å². The lowest BCUT2D eigenvalue weighted by Gasteiger charge is -2.27. The maximum Gasteiger partial charge on any atom is 0.265 e. The van der Waals surface area contributed by atoms with E-state index in [0.29, 0.717) is 17.0 Å². The third-order valence-corrected chi connectivity index (χ3v) is 5.06. The average molecular weight is 380 g/mol. The zero-order chi connectivity index (χ0) is 20.1. The minimum absolute atomic E-state index is 0.0291. The number of likely N-dealkylation sites (tertiary alicyclic amines) is 1. The Hall–Kier alpha value is -2.82. The van der Waals surface area contributed by atoms with Gasteiger partial charge in [0.1, 0.15) is 5.75 Å². The van der Waals surface area contributed by atoms with Crippen molar-refractivity contribution in [1.29, 1.82) is 0 Å². The summed E-state index contributed by atoms with van der Waals surface area (Å²) in [5.41, 5.74) is 3.18. The van der Waals surface area contributed by atoms with Crippen LogP contribution in [0.2, 0.25) is 0 Å². The molecule has 1 N–H and O–H groups in total. The molecule has 148 valence electrons. The van der Waals surface area contributed by atoms with Gasteiger partial charge in [0.2, 0.25) is 0 Å². The number of amides is 2.